The van der Waals surface area contributed by atoms with Gasteiger partial charge < -0.3 is 11.5 Å². The van der Waals surface area contributed by atoms with Crippen LogP contribution in [-0.4, -0.2) is 0 Å². The van der Waals surface area contributed by atoms with Gasteiger partial charge in [-0.25, -0.2) is 0 Å². The van der Waals surface area contributed by atoms with Crippen LogP contribution in [0.3, 0.4) is 0 Å². The number of hydrogen-bond donors (Lipinski definition) is 2. The number of rotatable bonds is 4. The second-order valence-corrected chi connectivity index (χ2v) is 4.68. The fourth-order valence-corrected chi connectivity index (χ4v) is 2.37. The molecule has 2 aromatic rings. The summed E-state index contributed by atoms with van der Waals surface area (Å²) >= 11 is 0. The standard InChI is InChI=1S/C16H20N2/c1-2-5-16(12-6-3-8-14(17)10-12)13-7-4-9-15(18)11-13/h3-4,6-11,16H,2,5,17-18H2,1H3. The monoisotopic (exact) mass is 240 g/mol. The predicted octanol–water partition coefficient (Wildman–Crippen LogP) is 3.78. The van der Waals surface area contributed by atoms with Crippen LogP contribution < -0.4 is 11.5 Å². The topological polar surface area (TPSA) is 52.0 Å². The van der Waals surface area contributed by atoms with E-state index in [1.54, 1.807) is 0 Å². The molecule has 4 N–H and O–H groups in total. The SMILES string of the molecule is CCCC(c1cccc(N)c1)c1cccc(N)c1. The van der Waals surface area contributed by atoms with Crippen molar-refractivity contribution in [3.05, 3.63) is 59.7 Å². The quantitative estimate of drug-likeness (QED) is 0.799. The number of hydrogen-bond acceptors (Lipinski definition) is 2. The Morgan fingerprint density at radius 1 is 0.889 bits per heavy atom. The lowest BCUT2D eigenvalue weighted by atomic mass is 9.87. The molecule has 0 amide bonds. The summed E-state index contributed by atoms with van der Waals surface area (Å²) in [7, 11) is 0. The van der Waals surface area contributed by atoms with Gasteiger partial charge in [0.05, 0.1) is 0 Å². The molecule has 0 aromatic heterocycles. The first-order valence-electron chi connectivity index (χ1n) is 6.41. The average molecular weight is 240 g/mol. The smallest absolute Gasteiger partial charge is 0.0316 e. The Hall–Kier alpha value is -1.96. The fraction of sp³-hybridized carbons (Fsp3) is 0.250. The van der Waals surface area contributed by atoms with Crippen LogP contribution in [-0.2, 0) is 0 Å². The Morgan fingerprint density at radius 2 is 1.39 bits per heavy atom. The van der Waals surface area contributed by atoms with Gasteiger partial charge in [0.2, 0.25) is 0 Å². The van der Waals surface area contributed by atoms with Crippen molar-refractivity contribution in [1.82, 2.24) is 0 Å². The van der Waals surface area contributed by atoms with E-state index in [0.29, 0.717) is 5.92 Å². The largest absolute Gasteiger partial charge is 0.399 e. The Bertz CT molecular complexity index is 475. The number of anilines is 2. The lowest BCUT2D eigenvalue weighted by Gasteiger charge is -2.18. The first-order valence-corrected chi connectivity index (χ1v) is 6.41. The highest BCUT2D eigenvalue weighted by Gasteiger charge is 2.13. The van der Waals surface area contributed by atoms with Crippen molar-refractivity contribution >= 4 is 11.4 Å². The molecule has 2 heteroatoms. The maximum absolute atomic E-state index is 5.88. The van der Waals surface area contributed by atoms with E-state index in [9.17, 15) is 0 Å². The average Bonchev–Trinajstić information content (AvgIpc) is 2.36. The van der Waals surface area contributed by atoms with Gasteiger partial charge in [-0.05, 0) is 41.8 Å². The molecule has 0 atom stereocenters. The Labute approximate surface area is 109 Å². The van der Waals surface area contributed by atoms with Crippen LogP contribution in [0.15, 0.2) is 48.5 Å². The van der Waals surface area contributed by atoms with Gasteiger partial charge in [-0.2, -0.15) is 0 Å². The lowest BCUT2D eigenvalue weighted by Crippen LogP contribution is -2.02. The molecular weight excluding hydrogens is 220 g/mol. The summed E-state index contributed by atoms with van der Waals surface area (Å²) in [6.07, 6.45) is 2.24. The Balaban J connectivity index is 2.39. The van der Waals surface area contributed by atoms with Crippen molar-refractivity contribution < 1.29 is 0 Å². The van der Waals surface area contributed by atoms with E-state index in [1.807, 2.05) is 24.3 Å². The van der Waals surface area contributed by atoms with Crippen LogP contribution in [0, 0.1) is 0 Å². The van der Waals surface area contributed by atoms with Gasteiger partial charge in [0.25, 0.3) is 0 Å². The summed E-state index contributed by atoms with van der Waals surface area (Å²) in [6, 6.07) is 16.3. The van der Waals surface area contributed by atoms with Crippen molar-refractivity contribution in [1.29, 1.82) is 0 Å². The highest BCUT2D eigenvalue weighted by molar-refractivity contribution is 5.48. The van der Waals surface area contributed by atoms with Gasteiger partial charge in [-0.3, -0.25) is 0 Å². The van der Waals surface area contributed by atoms with Crippen molar-refractivity contribution in [2.24, 2.45) is 0 Å². The maximum Gasteiger partial charge on any atom is 0.0316 e. The second-order valence-electron chi connectivity index (χ2n) is 4.68. The molecule has 18 heavy (non-hydrogen) atoms. The molecule has 0 bridgehead atoms. The van der Waals surface area contributed by atoms with Crippen LogP contribution in [0.4, 0.5) is 11.4 Å². The summed E-state index contributed by atoms with van der Waals surface area (Å²) in [5.74, 6) is 0.377. The summed E-state index contributed by atoms with van der Waals surface area (Å²) in [5.41, 5.74) is 15.9. The summed E-state index contributed by atoms with van der Waals surface area (Å²) in [4.78, 5) is 0. The third-order valence-electron chi connectivity index (χ3n) is 3.20. The molecule has 0 aliphatic carbocycles. The van der Waals surface area contributed by atoms with Gasteiger partial charge in [0.15, 0.2) is 0 Å². The minimum atomic E-state index is 0.377. The van der Waals surface area contributed by atoms with E-state index >= 15 is 0 Å². The first-order chi connectivity index (χ1) is 8.70. The van der Waals surface area contributed by atoms with Crippen molar-refractivity contribution in [2.75, 3.05) is 11.5 Å². The minimum absolute atomic E-state index is 0.377. The van der Waals surface area contributed by atoms with E-state index in [-0.39, 0.29) is 0 Å². The molecule has 2 nitrogen and oxygen atoms in total. The van der Waals surface area contributed by atoms with Gasteiger partial charge in [-0.1, -0.05) is 37.6 Å². The highest BCUT2D eigenvalue weighted by Crippen LogP contribution is 2.31. The molecule has 0 saturated heterocycles. The minimum Gasteiger partial charge on any atom is -0.399 e. The Kier molecular flexibility index (Phi) is 3.88. The van der Waals surface area contributed by atoms with Crippen molar-refractivity contribution in [2.45, 2.75) is 25.7 Å². The molecule has 94 valence electrons. The van der Waals surface area contributed by atoms with Gasteiger partial charge >= 0.3 is 0 Å². The van der Waals surface area contributed by atoms with Gasteiger partial charge in [-0.15, -0.1) is 0 Å². The van der Waals surface area contributed by atoms with E-state index in [2.05, 4.69) is 31.2 Å². The Morgan fingerprint density at radius 3 is 1.78 bits per heavy atom. The molecule has 0 saturated carbocycles. The van der Waals surface area contributed by atoms with E-state index in [4.69, 9.17) is 11.5 Å². The summed E-state index contributed by atoms with van der Waals surface area (Å²) in [5, 5.41) is 0. The van der Waals surface area contributed by atoms with E-state index in [1.165, 1.54) is 11.1 Å². The zero-order valence-corrected chi connectivity index (χ0v) is 10.8. The number of benzene rings is 2. The van der Waals surface area contributed by atoms with E-state index < -0.39 is 0 Å². The zero-order chi connectivity index (χ0) is 13.0. The molecule has 0 radical (unpaired) electrons. The number of nitrogens with two attached hydrogens (primary N) is 2. The third-order valence-corrected chi connectivity index (χ3v) is 3.20. The van der Waals surface area contributed by atoms with Crippen LogP contribution in [0.5, 0.6) is 0 Å². The number of nitrogen functional groups attached to an aromatic ring is 2. The maximum atomic E-state index is 5.88. The third kappa shape index (κ3) is 2.83. The van der Waals surface area contributed by atoms with Crippen LogP contribution in [0.2, 0.25) is 0 Å². The normalized spacial score (nSPS) is 10.8. The van der Waals surface area contributed by atoms with E-state index in [0.717, 1.165) is 24.2 Å². The van der Waals surface area contributed by atoms with Gasteiger partial charge in [0.1, 0.15) is 0 Å². The van der Waals surface area contributed by atoms with Crippen LogP contribution >= 0.6 is 0 Å². The molecule has 0 aliphatic heterocycles. The van der Waals surface area contributed by atoms with Crippen LogP contribution in [0.1, 0.15) is 36.8 Å². The zero-order valence-electron chi connectivity index (χ0n) is 10.8. The summed E-state index contributed by atoms with van der Waals surface area (Å²) < 4.78 is 0. The van der Waals surface area contributed by atoms with Crippen molar-refractivity contribution in [3.8, 4) is 0 Å². The molecule has 2 aromatic carbocycles. The molecular formula is C16H20N2. The second kappa shape index (κ2) is 5.58. The predicted molar refractivity (Wildman–Crippen MR) is 78.5 cm³/mol. The molecule has 0 fully saturated rings. The highest BCUT2D eigenvalue weighted by atomic mass is 14.5. The van der Waals surface area contributed by atoms with Gasteiger partial charge in [0, 0.05) is 17.3 Å². The molecule has 0 unspecified atom stereocenters. The molecule has 0 heterocycles. The molecule has 2 rings (SSSR count). The fourth-order valence-electron chi connectivity index (χ4n) is 2.37. The van der Waals surface area contributed by atoms with Crippen molar-refractivity contribution in [3.63, 3.8) is 0 Å². The van der Waals surface area contributed by atoms with Crippen LogP contribution in [0.25, 0.3) is 0 Å². The molecule has 0 aliphatic rings. The lowest BCUT2D eigenvalue weighted by molar-refractivity contribution is 0.699. The first kappa shape index (κ1) is 12.5. The summed E-state index contributed by atoms with van der Waals surface area (Å²) in [6.45, 7) is 2.20. The molecule has 0 spiro atoms.